The molecule has 0 radical (unpaired) electrons. The minimum atomic E-state index is -1.53. The van der Waals surface area contributed by atoms with E-state index in [1.165, 1.54) is 31.4 Å². The van der Waals surface area contributed by atoms with E-state index in [4.69, 9.17) is 16.3 Å². The number of methoxy groups -OCH3 is 1. The van der Waals surface area contributed by atoms with Gasteiger partial charge in [-0.2, -0.15) is 9.78 Å². The van der Waals surface area contributed by atoms with Gasteiger partial charge in [0.15, 0.2) is 0 Å². The smallest absolute Gasteiger partial charge is 0.362 e. The summed E-state index contributed by atoms with van der Waals surface area (Å²) in [6.07, 6.45) is 0. The number of hydrogen-bond acceptors (Lipinski definition) is 5. The van der Waals surface area contributed by atoms with Crippen LogP contribution in [0.4, 0.5) is 0 Å². The van der Waals surface area contributed by atoms with E-state index in [-0.39, 0.29) is 12.2 Å². The molecule has 0 atom stereocenters. The van der Waals surface area contributed by atoms with Gasteiger partial charge >= 0.3 is 11.7 Å². The molecule has 27 heavy (non-hydrogen) atoms. The Bertz CT molecular complexity index is 1120. The summed E-state index contributed by atoms with van der Waals surface area (Å²) in [7, 11) is 1.49. The van der Waals surface area contributed by atoms with Crippen LogP contribution in [-0.2, 0) is 6.54 Å². The van der Waals surface area contributed by atoms with Gasteiger partial charge in [-0.1, -0.05) is 23.7 Å². The van der Waals surface area contributed by atoms with E-state index in [1.54, 1.807) is 24.3 Å². The predicted octanol–water partition coefficient (Wildman–Crippen LogP) is 1.80. The Morgan fingerprint density at radius 2 is 1.89 bits per heavy atom. The lowest BCUT2D eigenvalue weighted by atomic mass is 10.2. The Hall–Kier alpha value is -3.39. The van der Waals surface area contributed by atoms with Crippen LogP contribution in [0.15, 0.2) is 58.1 Å². The van der Waals surface area contributed by atoms with E-state index in [2.05, 4.69) is 5.10 Å². The molecule has 0 saturated carbocycles. The fraction of sp³-hybridized carbons (Fsp3) is 0.111. The summed E-state index contributed by atoms with van der Waals surface area (Å²) in [6.45, 7) is -0.134. The second-order valence-electron chi connectivity index (χ2n) is 5.57. The second-order valence-corrected chi connectivity index (χ2v) is 6.00. The Balaban J connectivity index is 2.20. The molecule has 0 aliphatic carbocycles. The minimum Gasteiger partial charge on any atom is -0.497 e. The molecule has 3 aromatic rings. The Labute approximate surface area is 157 Å². The van der Waals surface area contributed by atoms with Gasteiger partial charge in [0.25, 0.3) is 5.56 Å². The maximum atomic E-state index is 12.8. The molecule has 8 nitrogen and oxygen atoms in total. The third-order valence-corrected chi connectivity index (χ3v) is 4.06. The summed E-state index contributed by atoms with van der Waals surface area (Å²) in [5.74, 6) is -0.979. The molecule has 0 unspecified atom stereocenters. The van der Waals surface area contributed by atoms with Crippen LogP contribution in [0.25, 0.3) is 5.69 Å². The van der Waals surface area contributed by atoms with Gasteiger partial charge in [0.1, 0.15) is 5.75 Å². The molecular weight excluding hydrogens is 374 g/mol. The van der Waals surface area contributed by atoms with Crippen LogP contribution in [0.2, 0.25) is 5.02 Å². The Kier molecular flexibility index (Phi) is 5.09. The first-order valence-electron chi connectivity index (χ1n) is 7.77. The highest BCUT2D eigenvalue weighted by Gasteiger charge is 2.19. The summed E-state index contributed by atoms with van der Waals surface area (Å²) in [4.78, 5) is 36.7. The SMILES string of the molecule is COc1cccc(Cn2c(=O)c(C(=O)O)nn(-c3ccc(Cl)cc3)c2=O)c1. The van der Waals surface area contributed by atoms with E-state index < -0.39 is 22.9 Å². The number of aromatic carboxylic acids is 1. The van der Waals surface area contributed by atoms with Gasteiger partial charge in [0.2, 0.25) is 5.69 Å². The molecule has 1 heterocycles. The number of halogens is 1. The molecule has 9 heteroatoms. The highest BCUT2D eigenvalue weighted by Crippen LogP contribution is 2.13. The van der Waals surface area contributed by atoms with E-state index >= 15 is 0 Å². The molecular formula is C18H14ClN3O5. The lowest BCUT2D eigenvalue weighted by Crippen LogP contribution is -2.44. The highest BCUT2D eigenvalue weighted by atomic mass is 35.5. The number of ether oxygens (including phenoxy) is 1. The van der Waals surface area contributed by atoms with Crippen molar-refractivity contribution in [2.24, 2.45) is 0 Å². The number of carboxylic acids is 1. The van der Waals surface area contributed by atoms with Gasteiger partial charge in [-0.3, -0.25) is 9.36 Å². The second kappa shape index (κ2) is 7.46. The first-order chi connectivity index (χ1) is 12.9. The van der Waals surface area contributed by atoms with Crippen molar-refractivity contribution in [3.05, 3.63) is 85.6 Å². The summed E-state index contributed by atoms with van der Waals surface area (Å²) in [5, 5.41) is 13.5. The zero-order chi connectivity index (χ0) is 19.6. The summed E-state index contributed by atoms with van der Waals surface area (Å²) in [6, 6.07) is 12.8. The standard InChI is InChI=1S/C18H14ClN3O5/c1-27-14-4-2-3-11(9-14)10-21-16(23)15(17(24)25)20-22(18(21)26)13-7-5-12(19)6-8-13/h2-9H,10H2,1H3,(H,24,25). The van der Waals surface area contributed by atoms with Gasteiger partial charge in [-0.05, 0) is 42.0 Å². The third kappa shape index (κ3) is 3.75. The highest BCUT2D eigenvalue weighted by molar-refractivity contribution is 6.30. The molecule has 138 valence electrons. The normalized spacial score (nSPS) is 10.6. The fourth-order valence-electron chi connectivity index (χ4n) is 2.49. The molecule has 2 aromatic carbocycles. The van der Waals surface area contributed by atoms with Crippen LogP contribution in [0.5, 0.6) is 5.75 Å². The van der Waals surface area contributed by atoms with Crippen LogP contribution in [0.1, 0.15) is 16.1 Å². The van der Waals surface area contributed by atoms with Crippen LogP contribution in [0.3, 0.4) is 0 Å². The van der Waals surface area contributed by atoms with Gasteiger partial charge < -0.3 is 9.84 Å². The van der Waals surface area contributed by atoms with Crippen LogP contribution in [0, 0.1) is 0 Å². The molecule has 0 amide bonds. The number of benzene rings is 2. The van der Waals surface area contributed by atoms with Gasteiger partial charge in [0.05, 0.1) is 19.3 Å². The summed E-state index contributed by atoms with van der Waals surface area (Å²) >= 11 is 5.84. The number of carboxylic acid groups (broad SMARTS) is 1. The molecule has 0 bridgehead atoms. The van der Waals surface area contributed by atoms with Gasteiger partial charge in [0, 0.05) is 5.02 Å². The van der Waals surface area contributed by atoms with Crippen LogP contribution in [-0.4, -0.2) is 32.5 Å². The van der Waals surface area contributed by atoms with Crippen molar-refractivity contribution in [1.29, 1.82) is 0 Å². The Morgan fingerprint density at radius 3 is 2.52 bits per heavy atom. The molecule has 0 fully saturated rings. The van der Waals surface area contributed by atoms with Crippen molar-refractivity contribution >= 4 is 17.6 Å². The molecule has 0 aliphatic rings. The first-order valence-corrected chi connectivity index (χ1v) is 8.15. The van der Waals surface area contributed by atoms with Crippen LogP contribution >= 0.6 is 11.6 Å². The number of carbonyl (C=O) groups is 1. The predicted molar refractivity (Wildman–Crippen MR) is 98.2 cm³/mol. The molecule has 0 aliphatic heterocycles. The average molecular weight is 388 g/mol. The van der Waals surface area contributed by atoms with Crippen molar-refractivity contribution in [3.8, 4) is 11.4 Å². The van der Waals surface area contributed by atoms with Crippen molar-refractivity contribution < 1.29 is 14.6 Å². The Morgan fingerprint density at radius 1 is 1.19 bits per heavy atom. The van der Waals surface area contributed by atoms with Crippen molar-refractivity contribution in [1.82, 2.24) is 14.3 Å². The lowest BCUT2D eigenvalue weighted by Gasteiger charge is -2.11. The molecule has 0 saturated heterocycles. The van der Waals surface area contributed by atoms with E-state index in [9.17, 15) is 19.5 Å². The minimum absolute atomic E-state index is 0.134. The first kappa shape index (κ1) is 18.4. The topological polar surface area (TPSA) is 103 Å². The third-order valence-electron chi connectivity index (χ3n) is 3.81. The maximum absolute atomic E-state index is 12.8. The van der Waals surface area contributed by atoms with E-state index in [1.807, 2.05) is 0 Å². The molecule has 0 spiro atoms. The number of nitrogens with zero attached hydrogens (tertiary/aromatic N) is 3. The van der Waals surface area contributed by atoms with Crippen LogP contribution < -0.4 is 16.0 Å². The van der Waals surface area contributed by atoms with E-state index in [0.29, 0.717) is 16.3 Å². The zero-order valence-corrected chi connectivity index (χ0v) is 14.9. The van der Waals surface area contributed by atoms with Crippen molar-refractivity contribution in [2.45, 2.75) is 6.54 Å². The number of aromatic nitrogens is 3. The largest absolute Gasteiger partial charge is 0.497 e. The fourth-order valence-corrected chi connectivity index (χ4v) is 2.62. The molecule has 1 N–H and O–H groups in total. The molecule has 3 rings (SSSR count). The zero-order valence-electron chi connectivity index (χ0n) is 14.1. The number of rotatable bonds is 5. The average Bonchev–Trinajstić information content (AvgIpc) is 2.66. The quantitative estimate of drug-likeness (QED) is 0.716. The van der Waals surface area contributed by atoms with Crippen molar-refractivity contribution in [3.63, 3.8) is 0 Å². The van der Waals surface area contributed by atoms with Crippen molar-refractivity contribution in [2.75, 3.05) is 7.11 Å². The van der Waals surface area contributed by atoms with Gasteiger partial charge in [-0.15, -0.1) is 0 Å². The lowest BCUT2D eigenvalue weighted by molar-refractivity contribution is 0.0684. The molecule has 1 aromatic heterocycles. The summed E-state index contributed by atoms with van der Waals surface area (Å²) in [5.41, 5.74) is -1.63. The number of hydrogen-bond donors (Lipinski definition) is 1. The van der Waals surface area contributed by atoms with E-state index in [0.717, 1.165) is 9.25 Å². The summed E-state index contributed by atoms with van der Waals surface area (Å²) < 4.78 is 6.81. The van der Waals surface area contributed by atoms with Gasteiger partial charge in [-0.25, -0.2) is 9.59 Å². The maximum Gasteiger partial charge on any atom is 0.362 e. The monoisotopic (exact) mass is 387 g/mol.